The average molecular weight is 235 g/mol. The van der Waals surface area contributed by atoms with Crippen molar-refractivity contribution in [1.82, 2.24) is 0 Å². The molecule has 0 aliphatic heterocycles. The third-order valence-corrected chi connectivity index (χ3v) is 3.72. The Kier molecular flexibility index (Phi) is 3.36. The third-order valence-electron chi connectivity index (χ3n) is 2.67. The standard InChI is InChI=1S/C13H14FNS/c1-2-9-7-8-16-13(9)12(15)10-3-5-11(14)6-4-10/h3-8,12H,2,15H2,1H3. The molecule has 84 valence electrons. The zero-order valence-electron chi connectivity index (χ0n) is 9.11. The molecule has 0 amide bonds. The third kappa shape index (κ3) is 2.15. The van der Waals surface area contributed by atoms with Crippen LogP contribution in [0.25, 0.3) is 0 Å². The van der Waals surface area contributed by atoms with Crippen LogP contribution in [-0.2, 0) is 6.42 Å². The van der Waals surface area contributed by atoms with Gasteiger partial charge in [0.1, 0.15) is 5.82 Å². The number of hydrogen-bond donors (Lipinski definition) is 1. The highest BCUT2D eigenvalue weighted by molar-refractivity contribution is 7.10. The summed E-state index contributed by atoms with van der Waals surface area (Å²) in [5, 5.41) is 2.05. The van der Waals surface area contributed by atoms with Gasteiger partial charge in [0.15, 0.2) is 0 Å². The fourth-order valence-electron chi connectivity index (χ4n) is 1.73. The molecular formula is C13H14FNS. The maximum atomic E-state index is 12.8. The fourth-order valence-corrected chi connectivity index (χ4v) is 2.76. The number of aryl methyl sites for hydroxylation is 1. The first-order valence-corrected chi connectivity index (χ1v) is 6.17. The molecule has 1 aromatic carbocycles. The van der Waals surface area contributed by atoms with E-state index in [-0.39, 0.29) is 11.9 Å². The molecule has 16 heavy (non-hydrogen) atoms. The highest BCUT2D eigenvalue weighted by atomic mass is 32.1. The Bertz CT molecular complexity index is 461. The number of thiophene rings is 1. The van der Waals surface area contributed by atoms with Gasteiger partial charge in [0.05, 0.1) is 6.04 Å². The van der Waals surface area contributed by atoms with Crippen molar-refractivity contribution in [1.29, 1.82) is 0 Å². The molecule has 1 unspecified atom stereocenters. The van der Waals surface area contributed by atoms with Crippen LogP contribution in [0.3, 0.4) is 0 Å². The van der Waals surface area contributed by atoms with Gasteiger partial charge in [0.2, 0.25) is 0 Å². The second-order valence-electron chi connectivity index (χ2n) is 3.69. The Morgan fingerprint density at radius 1 is 1.25 bits per heavy atom. The van der Waals surface area contributed by atoms with Crippen LogP contribution in [0.5, 0.6) is 0 Å². The highest BCUT2D eigenvalue weighted by Crippen LogP contribution is 2.28. The van der Waals surface area contributed by atoms with E-state index in [4.69, 9.17) is 5.73 Å². The van der Waals surface area contributed by atoms with Gasteiger partial charge < -0.3 is 5.73 Å². The molecule has 2 aromatic rings. The summed E-state index contributed by atoms with van der Waals surface area (Å²) in [6, 6.07) is 8.36. The van der Waals surface area contributed by atoms with Gasteiger partial charge in [0.25, 0.3) is 0 Å². The molecule has 0 radical (unpaired) electrons. The lowest BCUT2D eigenvalue weighted by Gasteiger charge is -2.12. The Morgan fingerprint density at radius 3 is 2.56 bits per heavy atom. The van der Waals surface area contributed by atoms with E-state index in [1.807, 2.05) is 0 Å². The van der Waals surface area contributed by atoms with Gasteiger partial charge in [-0.25, -0.2) is 4.39 Å². The fraction of sp³-hybridized carbons (Fsp3) is 0.231. The first-order chi connectivity index (χ1) is 7.72. The van der Waals surface area contributed by atoms with Crippen LogP contribution in [0.2, 0.25) is 0 Å². The van der Waals surface area contributed by atoms with Crippen LogP contribution in [0.4, 0.5) is 4.39 Å². The van der Waals surface area contributed by atoms with Crippen LogP contribution in [0, 0.1) is 5.82 Å². The normalized spacial score (nSPS) is 12.7. The number of benzene rings is 1. The number of rotatable bonds is 3. The SMILES string of the molecule is CCc1ccsc1C(N)c1ccc(F)cc1. The molecule has 0 saturated heterocycles. The summed E-state index contributed by atoms with van der Waals surface area (Å²) in [5.41, 5.74) is 8.41. The van der Waals surface area contributed by atoms with Crippen molar-refractivity contribution in [2.45, 2.75) is 19.4 Å². The van der Waals surface area contributed by atoms with Crippen LogP contribution in [0.15, 0.2) is 35.7 Å². The summed E-state index contributed by atoms with van der Waals surface area (Å²) < 4.78 is 12.8. The molecule has 0 aliphatic rings. The largest absolute Gasteiger partial charge is 0.320 e. The molecular weight excluding hydrogens is 221 g/mol. The van der Waals surface area contributed by atoms with Crippen LogP contribution >= 0.6 is 11.3 Å². The monoisotopic (exact) mass is 235 g/mol. The van der Waals surface area contributed by atoms with E-state index in [1.54, 1.807) is 23.5 Å². The predicted octanol–water partition coefficient (Wildman–Crippen LogP) is 3.50. The summed E-state index contributed by atoms with van der Waals surface area (Å²) in [6.45, 7) is 2.11. The van der Waals surface area contributed by atoms with Crippen molar-refractivity contribution in [3.8, 4) is 0 Å². The lowest BCUT2D eigenvalue weighted by molar-refractivity contribution is 0.626. The van der Waals surface area contributed by atoms with Crippen molar-refractivity contribution < 1.29 is 4.39 Å². The molecule has 2 N–H and O–H groups in total. The van der Waals surface area contributed by atoms with E-state index in [9.17, 15) is 4.39 Å². The van der Waals surface area contributed by atoms with E-state index < -0.39 is 0 Å². The van der Waals surface area contributed by atoms with E-state index in [1.165, 1.54) is 22.6 Å². The number of halogens is 1. The lowest BCUT2D eigenvalue weighted by atomic mass is 10.0. The summed E-state index contributed by atoms with van der Waals surface area (Å²) in [7, 11) is 0. The second kappa shape index (κ2) is 4.76. The molecule has 3 heteroatoms. The molecule has 0 saturated carbocycles. The second-order valence-corrected chi connectivity index (χ2v) is 4.64. The summed E-state index contributed by atoms with van der Waals surface area (Å²) in [5.74, 6) is -0.224. The van der Waals surface area contributed by atoms with E-state index in [0.29, 0.717) is 0 Å². The molecule has 1 heterocycles. The Labute approximate surface area is 98.7 Å². The number of hydrogen-bond acceptors (Lipinski definition) is 2. The molecule has 0 bridgehead atoms. The Hall–Kier alpha value is -1.19. The molecule has 2 rings (SSSR count). The molecule has 0 aliphatic carbocycles. The summed E-state index contributed by atoms with van der Waals surface area (Å²) >= 11 is 1.66. The minimum Gasteiger partial charge on any atom is -0.320 e. The first kappa shape index (κ1) is 11.3. The van der Waals surface area contributed by atoms with E-state index >= 15 is 0 Å². The van der Waals surface area contributed by atoms with Crippen LogP contribution < -0.4 is 5.73 Å². The van der Waals surface area contributed by atoms with Gasteiger partial charge in [-0.1, -0.05) is 19.1 Å². The lowest BCUT2D eigenvalue weighted by Crippen LogP contribution is -2.11. The van der Waals surface area contributed by atoms with Gasteiger partial charge in [-0.05, 0) is 41.1 Å². The number of nitrogens with two attached hydrogens (primary N) is 1. The van der Waals surface area contributed by atoms with Crippen molar-refractivity contribution in [3.63, 3.8) is 0 Å². The minimum atomic E-state index is -0.224. The summed E-state index contributed by atoms with van der Waals surface area (Å²) in [6.07, 6.45) is 0.980. The Balaban J connectivity index is 2.31. The van der Waals surface area contributed by atoms with Crippen LogP contribution in [-0.4, -0.2) is 0 Å². The first-order valence-electron chi connectivity index (χ1n) is 5.29. The maximum absolute atomic E-state index is 12.8. The van der Waals surface area contributed by atoms with Crippen LogP contribution in [0.1, 0.15) is 29.0 Å². The minimum absolute atomic E-state index is 0.143. The molecule has 0 fully saturated rings. The predicted molar refractivity (Wildman–Crippen MR) is 66.1 cm³/mol. The maximum Gasteiger partial charge on any atom is 0.123 e. The van der Waals surface area contributed by atoms with Gasteiger partial charge >= 0.3 is 0 Å². The zero-order valence-corrected chi connectivity index (χ0v) is 9.93. The molecule has 1 atom stereocenters. The van der Waals surface area contributed by atoms with E-state index in [0.717, 1.165) is 12.0 Å². The zero-order chi connectivity index (χ0) is 11.5. The topological polar surface area (TPSA) is 26.0 Å². The molecule has 1 aromatic heterocycles. The van der Waals surface area contributed by atoms with Gasteiger partial charge in [0, 0.05) is 4.88 Å². The summed E-state index contributed by atoms with van der Waals surface area (Å²) in [4.78, 5) is 1.18. The van der Waals surface area contributed by atoms with Crippen molar-refractivity contribution in [2.24, 2.45) is 5.73 Å². The van der Waals surface area contributed by atoms with Crippen molar-refractivity contribution in [2.75, 3.05) is 0 Å². The molecule has 1 nitrogen and oxygen atoms in total. The molecule has 0 spiro atoms. The van der Waals surface area contributed by atoms with Gasteiger partial charge in [-0.3, -0.25) is 0 Å². The average Bonchev–Trinajstić information content (AvgIpc) is 2.77. The quantitative estimate of drug-likeness (QED) is 0.865. The van der Waals surface area contributed by atoms with Crippen molar-refractivity contribution >= 4 is 11.3 Å². The highest BCUT2D eigenvalue weighted by Gasteiger charge is 2.13. The van der Waals surface area contributed by atoms with Crippen molar-refractivity contribution in [3.05, 3.63) is 57.5 Å². The van der Waals surface area contributed by atoms with Gasteiger partial charge in [-0.2, -0.15) is 0 Å². The van der Waals surface area contributed by atoms with E-state index in [2.05, 4.69) is 18.4 Å². The van der Waals surface area contributed by atoms with Gasteiger partial charge in [-0.15, -0.1) is 11.3 Å². The Morgan fingerprint density at radius 2 is 1.94 bits per heavy atom. The smallest absolute Gasteiger partial charge is 0.123 e.